The van der Waals surface area contributed by atoms with Crippen LogP contribution in [0.1, 0.15) is 12.0 Å². The highest BCUT2D eigenvalue weighted by Crippen LogP contribution is 2.20. The van der Waals surface area contributed by atoms with Crippen molar-refractivity contribution in [2.24, 2.45) is 0 Å². The quantitative estimate of drug-likeness (QED) is 0.792. The van der Waals surface area contributed by atoms with E-state index >= 15 is 0 Å². The summed E-state index contributed by atoms with van der Waals surface area (Å²) in [7, 11) is -4.26. The Morgan fingerprint density at radius 3 is 2.12 bits per heavy atom. The molecule has 0 aliphatic carbocycles. The van der Waals surface area contributed by atoms with Crippen LogP contribution in [0.2, 0.25) is 0 Å². The van der Waals surface area contributed by atoms with Gasteiger partial charge in [0.25, 0.3) is 16.0 Å². The van der Waals surface area contributed by atoms with Gasteiger partial charge >= 0.3 is 0 Å². The van der Waals surface area contributed by atoms with Crippen LogP contribution in [0.4, 0.5) is 8.78 Å². The zero-order chi connectivity index (χ0) is 13.1. The first-order valence-electron chi connectivity index (χ1n) is 4.80. The van der Waals surface area contributed by atoms with E-state index in [2.05, 4.69) is 0 Å². The Morgan fingerprint density at radius 2 is 1.71 bits per heavy atom. The average Bonchev–Trinajstić information content (AvgIpc) is 2.26. The monoisotopic (exact) mass is 266 g/mol. The van der Waals surface area contributed by atoms with E-state index in [0.29, 0.717) is 5.56 Å². The van der Waals surface area contributed by atoms with Crippen molar-refractivity contribution in [3.8, 4) is 0 Å². The molecule has 1 rings (SSSR count). The van der Waals surface area contributed by atoms with Gasteiger partial charge in [-0.25, -0.2) is 8.78 Å². The molecule has 0 aliphatic rings. The van der Waals surface area contributed by atoms with Crippen LogP contribution in [-0.4, -0.2) is 30.6 Å². The Kier molecular flexibility index (Phi) is 4.18. The predicted molar refractivity (Wildman–Crippen MR) is 56.6 cm³/mol. The Bertz CT molecular complexity index is 468. The summed E-state index contributed by atoms with van der Waals surface area (Å²) < 4.78 is 55.6. The van der Waals surface area contributed by atoms with Crippen molar-refractivity contribution in [3.63, 3.8) is 0 Å². The minimum Gasteiger partial charge on any atom is -0.390 e. The summed E-state index contributed by atoms with van der Waals surface area (Å²) in [6, 6.07) is 4.97. The highest BCUT2D eigenvalue weighted by Gasteiger charge is 2.26. The van der Waals surface area contributed by atoms with Crippen LogP contribution in [0, 0.1) is 0 Å². The van der Waals surface area contributed by atoms with Crippen molar-refractivity contribution in [2.45, 2.75) is 23.7 Å². The Morgan fingerprint density at radius 1 is 1.18 bits per heavy atom. The van der Waals surface area contributed by atoms with Crippen LogP contribution in [0.15, 0.2) is 29.2 Å². The smallest absolute Gasteiger partial charge is 0.294 e. The molecular weight excluding hydrogens is 254 g/mol. The molecule has 17 heavy (non-hydrogen) atoms. The summed E-state index contributed by atoms with van der Waals surface area (Å²) in [5, 5.41) is 8.36. The van der Waals surface area contributed by atoms with Gasteiger partial charge in [-0.15, -0.1) is 0 Å². The van der Waals surface area contributed by atoms with Gasteiger partial charge in [0, 0.05) is 6.42 Å². The highest BCUT2D eigenvalue weighted by atomic mass is 32.2. The number of aliphatic hydroxyl groups excluding tert-OH is 1. The van der Waals surface area contributed by atoms with Crippen molar-refractivity contribution in [3.05, 3.63) is 29.8 Å². The molecule has 4 nitrogen and oxygen atoms in total. The lowest BCUT2D eigenvalue weighted by atomic mass is 10.1. The molecule has 0 atom stereocenters. The van der Waals surface area contributed by atoms with E-state index in [4.69, 9.17) is 9.66 Å². The lowest BCUT2D eigenvalue weighted by molar-refractivity contribution is -0.0558. The molecule has 0 bridgehead atoms. The molecular formula is C10H12F2O4S. The molecule has 7 heteroatoms. The average molecular weight is 266 g/mol. The molecule has 0 fully saturated rings. The van der Waals surface area contributed by atoms with Gasteiger partial charge in [0.05, 0.1) is 4.90 Å². The summed E-state index contributed by atoms with van der Waals surface area (Å²) in [6.07, 6.45) is -0.506. The Balaban J connectivity index is 2.70. The molecule has 0 aliphatic heterocycles. The third kappa shape index (κ3) is 4.37. The van der Waals surface area contributed by atoms with Crippen LogP contribution in [-0.2, 0) is 16.5 Å². The van der Waals surface area contributed by atoms with Crippen molar-refractivity contribution >= 4 is 10.1 Å². The summed E-state index contributed by atoms with van der Waals surface area (Å²) in [5.41, 5.74) is 0.505. The molecule has 0 aromatic heterocycles. The van der Waals surface area contributed by atoms with E-state index in [9.17, 15) is 17.2 Å². The van der Waals surface area contributed by atoms with Crippen molar-refractivity contribution in [1.29, 1.82) is 0 Å². The first kappa shape index (κ1) is 14.0. The third-order valence-electron chi connectivity index (χ3n) is 2.23. The number of aryl methyl sites for hydroxylation is 1. The van der Waals surface area contributed by atoms with E-state index in [1.54, 1.807) is 0 Å². The zero-order valence-corrected chi connectivity index (χ0v) is 9.62. The van der Waals surface area contributed by atoms with Crippen molar-refractivity contribution in [1.82, 2.24) is 0 Å². The molecule has 0 spiro atoms. The van der Waals surface area contributed by atoms with Crippen LogP contribution < -0.4 is 0 Å². The Labute approximate surface area is 97.6 Å². The predicted octanol–water partition coefficient (Wildman–Crippen LogP) is 1.49. The summed E-state index contributed by atoms with van der Waals surface area (Å²) in [4.78, 5) is -0.282. The second-order valence-corrected chi connectivity index (χ2v) is 5.05. The zero-order valence-electron chi connectivity index (χ0n) is 8.81. The first-order valence-corrected chi connectivity index (χ1v) is 6.24. The maximum absolute atomic E-state index is 12.7. The number of benzene rings is 1. The molecule has 0 amide bonds. The maximum atomic E-state index is 12.7. The second-order valence-electron chi connectivity index (χ2n) is 3.63. The molecule has 1 aromatic rings. The van der Waals surface area contributed by atoms with Gasteiger partial charge < -0.3 is 5.11 Å². The number of aliphatic hydroxyl groups is 1. The maximum Gasteiger partial charge on any atom is 0.294 e. The lowest BCUT2D eigenvalue weighted by Gasteiger charge is -2.12. The van der Waals surface area contributed by atoms with E-state index in [1.807, 2.05) is 0 Å². The molecule has 0 saturated carbocycles. The lowest BCUT2D eigenvalue weighted by Crippen LogP contribution is -2.21. The number of hydrogen-bond donors (Lipinski definition) is 2. The third-order valence-corrected chi connectivity index (χ3v) is 3.10. The van der Waals surface area contributed by atoms with Gasteiger partial charge in [0.2, 0.25) is 0 Å². The fraction of sp³-hybridized carbons (Fsp3) is 0.400. The first-order chi connectivity index (χ1) is 7.74. The van der Waals surface area contributed by atoms with Gasteiger partial charge in [-0.3, -0.25) is 4.55 Å². The van der Waals surface area contributed by atoms with Crippen LogP contribution in [0.3, 0.4) is 0 Å². The number of alkyl halides is 2. The molecule has 1 aromatic carbocycles. The van der Waals surface area contributed by atoms with Crippen LogP contribution in [0.25, 0.3) is 0 Å². The minimum atomic E-state index is -4.26. The van der Waals surface area contributed by atoms with E-state index in [0.717, 1.165) is 12.1 Å². The van der Waals surface area contributed by atoms with Crippen molar-refractivity contribution < 1.29 is 26.9 Å². The molecule has 0 saturated heterocycles. The molecule has 96 valence electrons. The summed E-state index contributed by atoms with van der Waals surface area (Å²) in [6.45, 7) is -1.21. The fourth-order valence-corrected chi connectivity index (χ4v) is 1.71. The summed E-state index contributed by atoms with van der Waals surface area (Å²) >= 11 is 0. The number of rotatable bonds is 5. The topological polar surface area (TPSA) is 74.6 Å². The molecule has 2 N–H and O–H groups in total. The van der Waals surface area contributed by atoms with Gasteiger partial charge in [-0.1, -0.05) is 12.1 Å². The second kappa shape index (κ2) is 5.07. The fourth-order valence-electron chi connectivity index (χ4n) is 1.23. The molecule has 0 heterocycles. The standard InChI is InChI=1S/C10H12F2O4S/c11-10(12,7-13)6-5-8-1-3-9(4-2-8)17(14,15)16/h1-4,13H,5-7H2,(H,14,15,16). The number of hydrogen-bond acceptors (Lipinski definition) is 3. The highest BCUT2D eigenvalue weighted by molar-refractivity contribution is 7.85. The summed E-state index contributed by atoms with van der Waals surface area (Å²) in [5.74, 6) is -3.14. The Hall–Kier alpha value is -1.05. The van der Waals surface area contributed by atoms with Gasteiger partial charge in [0.1, 0.15) is 6.61 Å². The van der Waals surface area contributed by atoms with E-state index in [1.165, 1.54) is 12.1 Å². The molecule has 0 radical (unpaired) electrons. The molecule has 0 unspecified atom stereocenters. The van der Waals surface area contributed by atoms with Crippen LogP contribution >= 0.6 is 0 Å². The largest absolute Gasteiger partial charge is 0.390 e. The SMILES string of the molecule is O=S(=O)(O)c1ccc(CCC(F)(F)CO)cc1. The number of halogens is 2. The van der Waals surface area contributed by atoms with E-state index < -0.39 is 29.1 Å². The minimum absolute atomic E-state index is 0.0132. The van der Waals surface area contributed by atoms with Crippen LogP contribution in [0.5, 0.6) is 0 Å². The van der Waals surface area contributed by atoms with Gasteiger partial charge in [-0.05, 0) is 24.1 Å². The van der Waals surface area contributed by atoms with Crippen molar-refractivity contribution in [2.75, 3.05) is 6.61 Å². The van der Waals surface area contributed by atoms with E-state index in [-0.39, 0.29) is 11.3 Å². The normalized spacial score (nSPS) is 12.7. The van der Waals surface area contributed by atoms with Gasteiger partial charge in [-0.2, -0.15) is 8.42 Å². The van der Waals surface area contributed by atoms with Gasteiger partial charge in [0.15, 0.2) is 0 Å².